The fraction of sp³-hybridized carbons (Fsp3) is 0.391. The maximum Gasteiger partial charge on any atom is 0.291 e. The number of nitrogens with zero attached hydrogens (tertiary/aromatic N) is 3. The highest BCUT2D eigenvalue weighted by molar-refractivity contribution is 5.93. The SMILES string of the molecule is CC1=C(/C=N/NC(=O)c2cncc(-c3ccc(OC(C)C)cc3)n2)CCCCC1. The molecule has 0 saturated carbocycles. The van der Waals surface area contributed by atoms with E-state index in [-0.39, 0.29) is 17.7 Å². The van der Waals surface area contributed by atoms with Gasteiger partial charge in [-0.1, -0.05) is 12.0 Å². The van der Waals surface area contributed by atoms with Gasteiger partial charge < -0.3 is 4.74 Å². The highest BCUT2D eigenvalue weighted by Crippen LogP contribution is 2.22. The summed E-state index contributed by atoms with van der Waals surface area (Å²) in [6.07, 6.45) is 10.7. The number of allylic oxidation sites excluding steroid dienone is 2. The van der Waals surface area contributed by atoms with Crippen LogP contribution in [0.5, 0.6) is 5.75 Å². The molecular formula is C23H28N4O2. The van der Waals surface area contributed by atoms with Gasteiger partial charge in [-0.15, -0.1) is 0 Å². The number of hydrogen-bond acceptors (Lipinski definition) is 5. The molecule has 0 saturated heterocycles. The summed E-state index contributed by atoms with van der Waals surface area (Å²) in [6, 6.07) is 7.58. The molecule has 0 atom stereocenters. The van der Waals surface area contributed by atoms with Gasteiger partial charge >= 0.3 is 0 Å². The maximum absolute atomic E-state index is 12.4. The number of aromatic nitrogens is 2. The van der Waals surface area contributed by atoms with Crippen molar-refractivity contribution >= 4 is 12.1 Å². The van der Waals surface area contributed by atoms with Crippen LogP contribution in [0.1, 0.15) is 63.4 Å². The minimum absolute atomic E-state index is 0.116. The van der Waals surface area contributed by atoms with Gasteiger partial charge in [0, 0.05) is 5.56 Å². The van der Waals surface area contributed by atoms with E-state index in [0.29, 0.717) is 5.69 Å². The summed E-state index contributed by atoms with van der Waals surface area (Å²) in [6.45, 7) is 6.11. The molecule has 0 radical (unpaired) electrons. The zero-order valence-corrected chi connectivity index (χ0v) is 17.3. The van der Waals surface area contributed by atoms with Crippen LogP contribution in [0.25, 0.3) is 11.3 Å². The Labute approximate surface area is 172 Å². The molecule has 152 valence electrons. The van der Waals surface area contributed by atoms with Crippen molar-refractivity contribution in [2.45, 2.75) is 59.0 Å². The molecule has 0 spiro atoms. The lowest BCUT2D eigenvalue weighted by molar-refractivity contribution is 0.0950. The van der Waals surface area contributed by atoms with Crippen LogP contribution >= 0.6 is 0 Å². The van der Waals surface area contributed by atoms with Crippen LogP contribution in [0.4, 0.5) is 0 Å². The minimum atomic E-state index is -0.373. The van der Waals surface area contributed by atoms with Crippen LogP contribution in [0.2, 0.25) is 0 Å². The summed E-state index contributed by atoms with van der Waals surface area (Å²) in [5.74, 6) is 0.422. The topological polar surface area (TPSA) is 76.5 Å². The van der Waals surface area contributed by atoms with Crippen molar-refractivity contribution in [2.75, 3.05) is 0 Å². The summed E-state index contributed by atoms with van der Waals surface area (Å²) >= 11 is 0. The number of hydrazone groups is 1. The molecule has 2 aromatic rings. The third-order valence-corrected chi connectivity index (χ3v) is 4.82. The van der Waals surface area contributed by atoms with Crippen molar-refractivity contribution < 1.29 is 9.53 Å². The van der Waals surface area contributed by atoms with Gasteiger partial charge in [0.1, 0.15) is 11.4 Å². The lowest BCUT2D eigenvalue weighted by Crippen LogP contribution is -2.19. The second kappa shape index (κ2) is 9.96. The van der Waals surface area contributed by atoms with Crippen molar-refractivity contribution in [1.82, 2.24) is 15.4 Å². The molecule has 29 heavy (non-hydrogen) atoms. The summed E-state index contributed by atoms with van der Waals surface area (Å²) in [5, 5.41) is 4.14. The first-order chi connectivity index (χ1) is 14.0. The molecule has 0 aliphatic heterocycles. The second-order valence-corrected chi connectivity index (χ2v) is 7.55. The van der Waals surface area contributed by atoms with E-state index in [0.717, 1.165) is 24.2 Å². The fourth-order valence-electron chi connectivity index (χ4n) is 3.25. The van der Waals surface area contributed by atoms with E-state index < -0.39 is 0 Å². The monoisotopic (exact) mass is 392 g/mol. The number of benzene rings is 1. The first-order valence-electron chi connectivity index (χ1n) is 10.1. The number of nitrogens with one attached hydrogen (secondary N) is 1. The predicted octanol–water partition coefficient (Wildman–Crippen LogP) is 4.93. The maximum atomic E-state index is 12.4. The van der Waals surface area contributed by atoms with Crippen molar-refractivity contribution in [3.05, 3.63) is 53.5 Å². The Morgan fingerprint density at radius 3 is 2.66 bits per heavy atom. The second-order valence-electron chi connectivity index (χ2n) is 7.55. The van der Waals surface area contributed by atoms with E-state index in [1.807, 2.05) is 38.1 Å². The Hall–Kier alpha value is -3.02. The van der Waals surface area contributed by atoms with Crippen molar-refractivity contribution in [3.8, 4) is 17.0 Å². The smallest absolute Gasteiger partial charge is 0.291 e. The van der Waals surface area contributed by atoms with Gasteiger partial charge in [0.2, 0.25) is 0 Å². The van der Waals surface area contributed by atoms with E-state index >= 15 is 0 Å². The molecular weight excluding hydrogens is 364 g/mol. The van der Waals surface area contributed by atoms with Crippen LogP contribution in [0, 0.1) is 0 Å². The first-order valence-corrected chi connectivity index (χ1v) is 10.1. The number of ether oxygens (including phenoxy) is 1. The molecule has 1 aromatic heterocycles. The normalized spacial score (nSPS) is 14.9. The Bertz CT molecular complexity index is 901. The van der Waals surface area contributed by atoms with E-state index in [1.165, 1.54) is 36.6 Å². The van der Waals surface area contributed by atoms with Gasteiger partial charge in [0.25, 0.3) is 5.91 Å². The molecule has 0 bridgehead atoms. The minimum Gasteiger partial charge on any atom is -0.491 e. The number of amides is 1. The van der Waals surface area contributed by atoms with Crippen molar-refractivity contribution in [1.29, 1.82) is 0 Å². The fourth-order valence-corrected chi connectivity index (χ4v) is 3.25. The molecule has 6 heteroatoms. The third kappa shape index (κ3) is 5.98. The molecule has 1 aliphatic carbocycles. The lowest BCUT2D eigenvalue weighted by atomic mass is 10.1. The molecule has 6 nitrogen and oxygen atoms in total. The van der Waals surface area contributed by atoms with Crippen LogP contribution in [0.15, 0.2) is 52.9 Å². The molecule has 3 rings (SSSR count). The standard InChI is InChI=1S/C23H28N4O2/c1-16(2)29-20-11-9-18(10-12-20)21-14-24-15-22(26-21)23(28)27-25-13-19-8-6-4-5-7-17(19)3/h9-16H,4-8H2,1-3H3,(H,27,28)/b25-13+. The molecule has 1 heterocycles. The van der Waals surface area contributed by atoms with Crippen molar-refractivity contribution in [2.24, 2.45) is 5.10 Å². The van der Waals surface area contributed by atoms with Crippen LogP contribution in [-0.2, 0) is 0 Å². The lowest BCUT2D eigenvalue weighted by Gasteiger charge is -2.10. The Morgan fingerprint density at radius 1 is 1.14 bits per heavy atom. The van der Waals surface area contributed by atoms with Crippen LogP contribution < -0.4 is 10.2 Å². The van der Waals surface area contributed by atoms with Gasteiger partial charge in [-0.2, -0.15) is 5.10 Å². The quantitative estimate of drug-likeness (QED) is 0.559. The largest absolute Gasteiger partial charge is 0.491 e. The molecule has 1 aromatic carbocycles. The molecule has 1 amide bonds. The Kier molecular flexibility index (Phi) is 7.11. The molecule has 1 N–H and O–H groups in total. The highest BCUT2D eigenvalue weighted by atomic mass is 16.5. The number of carbonyl (C=O) groups is 1. The Morgan fingerprint density at radius 2 is 1.90 bits per heavy atom. The molecule has 1 aliphatic rings. The summed E-state index contributed by atoms with van der Waals surface area (Å²) in [5.41, 5.74) is 6.86. The number of carbonyl (C=O) groups excluding carboxylic acids is 1. The van der Waals surface area contributed by atoms with Crippen LogP contribution in [0.3, 0.4) is 0 Å². The Balaban J connectivity index is 1.67. The van der Waals surface area contributed by atoms with Gasteiger partial charge in [-0.25, -0.2) is 10.4 Å². The van der Waals surface area contributed by atoms with E-state index in [1.54, 1.807) is 12.4 Å². The van der Waals surface area contributed by atoms with Crippen molar-refractivity contribution in [3.63, 3.8) is 0 Å². The zero-order valence-electron chi connectivity index (χ0n) is 17.3. The predicted molar refractivity (Wildman–Crippen MR) is 115 cm³/mol. The average Bonchev–Trinajstić information content (AvgIpc) is 2.92. The number of hydrogen-bond donors (Lipinski definition) is 1. The van der Waals surface area contributed by atoms with E-state index in [2.05, 4.69) is 27.4 Å². The van der Waals surface area contributed by atoms with Gasteiger partial charge in [0.15, 0.2) is 0 Å². The third-order valence-electron chi connectivity index (χ3n) is 4.82. The van der Waals surface area contributed by atoms with Gasteiger partial charge in [0.05, 0.1) is 30.4 Å². The number of rotatable bonds is 6. The van der Waals surface area contributed by atoms with Gasteiger partial charge in [-0.3, -0.25) is 9.78 Å². The summed E-state index contributed by atoms with van der Waals surface area (Å²) < 4.78 is 5.66. The average molecular weight is 393 g/mol. The zero-order chi connectivity index (χ0) is 20.6. The van der Waals surface area contributed by atoms with E-state index in [9.17, 15) is 4.79 Å². The van der Waals surface area contributed by atoms with Crippen LogP contribution in [-0.4, -0.2) is 28.2 Å². The first kappa shape index (κ1) is 20.7. The summed E-state index contributed by atoms with van der Waals surface area (Å²) in [7, 11) is 0. The highest BCUT2D eigenvalue weighted by Gasteiger charge is 2.10. The summed E-state index contributed by atoms with van der Waals surface area (Å²) in [4.78, 5) is 21.0. The molecule has 0 fully saturated rings. The molecule has 0 unspecified atom stereocenters. The van der Waals surface area contributed by atoms with Gasteiger partial charge in [-0.05, 0) is 76.3 Å². The van der Waals surface area contributed by atoms with E-state index in [4.69, 9.17) is 4.74 Å².